The van der Waals surface area contributed by atoms with Crippen molar-refractivity contribution in [2.45, 2.75) is 32.7 Å². The predicted octanol–water partition coefficient (Wildman–Crippen LogP) is 4.08. The number of benzene rings is 1. The van der Waals surface area contributed by atoms with E-state index >= 15 is 0 Å². The third kappa shape index (κ3) is 3.19. The van der Waals surface area contributed by atoms with Crippen molar-refractivity contribution in [3.63, 3.8) is 0 Å². The highest BCUT2D eigenvalue weighted by atomic mass is 79.9. The molecule has 0 unspecified atom stereocenters. The molecule has 0 aliphatic heterocycles. The standard InChI is InChI=1S/C14H17BrN2S/c1-9(2)14-12(8-16)18-13(17-14)7-10-4-3-5-11(15)6-10/h3-6,9H,7-8,16H2,1-2H3. The molecule has 0 saturated carbocycles. The minimum absolute atomic E-state index is 0.441. The molecular weight excluding hydrogens is 308 g/mol. The molecule has 0 bridgehead atoms. The van der Waals surface area contributed by atoms with Crippen LogP contribution in [0.4, 0.5) is 0 Å². The van der Waals surface area contributed by atoms with Gasteiger partial charge in [0.1, 0.15) is 0 Å². The largest absolute Gasteiger partial charge is 0.326 e. The van der Waals surface area contributed by atoms with Crippen LogP contribution in [-0.4, -0.2) is 4.98 Å². The topological polar surface area (TPSA) is 38.9 Å². The highest BCUT2D eigenvalue weighted by Crippen LogP contribution is 2.26. The SMILES string of the molecule is CC(C)c1nc(Cc2cccc(Br)c2)sc1CN. The number of aromatic nitrogens is 1. The minimum atomic E-state index is 0.441. The molecule has 18 heavy (non-hydrogen) atoms. The number of hydrogen-bond acceptors (Lipinski definition) is 3. The molecule has 2 nitrogen and oxygen atoms in total. The molecule has 0 fully saturated rings. The van der Waals surface area contributed by atoms with Gasteiger partial charge >= 0.3 is 0 Å². The van der Waals surface area contributed by atoms with Gasteiger partial charge < -0.3 is 5.73 Å². The second-order valence-corrected chi connectivity index (χ2v) is 6.67. The van der Waals surface area contributed by atoms with Gasteiger partial charge in [-0.25, -0.2) is 4.98 Å². The maximum atomic E-state index is 5.78. The van der Waals surface area contributed by atoms with Gasteiger partial charge in [-0.05, 0) is 23.6 Å². The van der Waals surface area contributed by atoms with E-state index in [1.165, 1.54) is 10.4 Å². The molecule has 0 aliphatic carbocycles. The molecule has 1 aromatic carbocycles. The highest BCUT2D eigenvalue weighted by molar-refractivity contribution is 9.10. The first-order valence-electron chi connectivity index (χ1n) is 6.03. The highest BCUT2D eigenvalue weighted by Gasteiger charge is 2.13. The average Bonchev–Trinajstić information content (AvgIpc) is 2.72. The molecule has 96 valence electrons. The summed E-state index contributed by atoms with van der Waals surface area (Å²) in [5, 5.41) is 1.15. The number of halogens is 1. The lowest BCUT2D eigenvalue weighted by Crippen LogP contribution is -1.99. The van der Waals surface area contributed by atoms with E-state index in [-0.39, 0.29) is 0 Å². The van der Waals surface area contributed by atoms with Crippen molar-refractivity contribution in [2.24, 2.45) is 5.73 Å². The zero-order chi connectivity index (χ0) is 13.1. The summed E-state index contributed by atoms with van der Waals surface area (Å²) in [6, 6.07) is 8.36. The minimum Gasteiger partial charge on any atom is -0.326 e. The van der Waals surface area contributed by atoms with Gasteiger partial charge in [-0.2, -0.15) is 0 Å². The van der Waals surface area contributed by atoms with Crippen LogP contribution in [0.15, 0.2) is 28.7 Å². The maximum Gasteiger partial charge on any atom is 0.0975 e. The van der Waals surface area contributed by atoms with Crippen molar-refractivity contribution in [1.82, 2.24) is 4.98 Å². The van der Waals surface area contributed by atoms with Crippen LogP contribution < -0.4 is 5.73 Å². The van der Waals surface area contributed by atoms with Gasteiger partial charge in [0.15, 0.2) is 0 Å². The van der Waals surface area contributed by atoms with E-state index in [4.69, 9.17) is 10.7 Å². The smallest absolute Gasteiger partial charge is 0.0975 e. The first-order chi connectivity index (χ1) is 8.60. The van der Waals surface area contributed by atoms with Crippen LogP contribution >= 0.6 is 27.3 Å². The Balaban J connectivity index is 2.24. The van der Waals surface area contributed by atoms with Crippen LogP contribution in [-0.2, 0) is 13.0 Å². The van der Waals surface area contributed by atoms with Crippen molar-refractivity contribution in [3.05, 3.63) is 49.9 Å². The fourth-order valence-corrected chi connectivity index (χ4v) is 3.49. The lowest BCUT2D eigenvalue weighted by Gasteiger charge is -2.01. The van der Waals surface area contributed by atoms with Gasteiger partial charge in [-0.15, -0.1) is 11.3 Å². The molecule has 0 amide bonds. The second-order valence-electron chi connectivity index (χ2n) is 4.58. The van der Waals surface area contributed by atoms with Gasteiger partial charge in [0, 0.05) is 22.3 Å². The molecule has 2 N–H and O–H groups in total. The van der Waals surface area contributed by atoms with E-state index in [0.717, 1.165) is 21.6 Å². The molecule has 1 heterocycles. The average molecular weight is 325 g/mol. The summed E-state index contributed by atoms with van der Waals surface area (Å²) in [6.45, 7) is 4.91. The molecular formula is C14H17BrN2S. The van der Waals surface area contributed by atoms with Crippen LogP contribution in [0.5, 0.6) is 0 Å². The molecule has 1 aromatic heterocycles. The Morgan fingerprint density at radius 1 is 1.39 bits per heavy atom. The molecule has 4 heteroatoms. The van der Waals surface area contributed by atoms with E-state index in [0.29, 0.717) is 12.5 Å². The van der Waals surface area contributed by atoms with Gasteiger partial charge in [0.05, 0.1) is 10.7 Å². The molecule has 0 spiro atoms. The molecule has 2 aromatic rings. The summed E-state index contributed by atoms with van der Waals surface area (Å²) in [4.78, 5) is 5.95. The normalized spacial score (nSPS) is 11.2. The Morgan fingerprint density at radius 3 is 2.72 bits per heavy atom. The first-order valence-corrected chi connectivity index (χ1v) is 7.64. The first kappa shape index (κ1) is 13.7. The zero-order valence-electron chi connectivity index (χ0n) is 10.6. The zero-order valence-corrected chi connectivity index (χ0v) is 13.0. The lowest BCUT2D eigenvalue weighted by atomic mass is 10.1. The molecule has 0 radical (unpaired) electrons. The van der Waals surface area contributed by atoms with Crippen LogP contribution in [0.1, 0.15) is 40.9 Å². The Hall–Kier alpha value is -0.710. The van der Waals surface area contributed by atoms with Crippen LogP contribution in [0, 0.1) is 0 Å². The Morgan fingerprint density at radius 2 is 2.17 bits per heavy atom. The van der Waals surface area contributed by atoms with Crippen molar-refractivity contribution in [2.75, 3.05) is 0 Å². The van der Waals surface area contributed by atoms with Crippen LogP contribution in [0.25, 0.3) is 0 Å². The summed E-state index contributed by atoms with van der Waals surface area (Å²) < 4.78 is 1.11. The number of nitrogens with zero attached hydrogens (tertiary/aromatic N) is 1. The van der Waals surface area contributed by atoms with Crippen molar-refractivity contribution in [1.29, 1.82) is 0 Å². The van der Waals surface area contributed by atoms with Crippen LogP contribution in [0.3, 0.4) is 0 Å². The van der Waals surface area contributed by atoms with Gasteiger partial charge in [0.2, 0.25) is 0 Å². The Kier molecular flexibility index (Phi) is 4.54. The quantitative estimate of drug-likeness (QED) is 0.920. The van der Waals surface area contributed by atoms with Crippen LogP contribution in [0.2, 0.25) is 0 Å². The molecule has 0 aliphatic rings. The Bertz CT molecular complexity index is 534. The Labute approximate surface area is 120 Å². The monoisotopic (exact) mass is 324 g/mol. The van der Waals surface area contributed by atoms with Crippen molar-refractivity contribution >= 4 is 27.3 Å². The predicted molar refractivity (Wildman–Crippen MR) is 81.0 cm³/mol. The van der Waals surface area contributed by atoms with Gasteiger partial charge in [-0.1, -0.05) is 41.9 Å². The third-order valence-corrected chi connectivity index (χ3v) is 4.34. The summed E-state index contributed by atoms with van der Waals surface area (Å²) in [5.74, 6) is 0.441. The molecule has 0 atom stereocenters. The number of hydrogen-bond donors (Lipinski definition) is 1. The summed E-state index contributed by atoms with van der Waals surface area (Å²) in [7, 11) is 0. The second kappa shape index (κ2) is 5.95. The van der Waals surface area contributed by atoms with E-state index in [1.54, 1.807) is 11.3 Å². The summed E-state index contributed by atoms with van der Waals surface area (Å²) in [5.41, 5.74) is 8.22. The van der Waals surface area contributed by atoms with Gasteiger partial charge in [-0.3, -0.25) is 0 Å². The van der Waals surface area contributed by atoms with E-state index < -0.39 is 0 Å². The summed E-state index contributed by atoms with van der Waals surface area (Å²) >= 11 is 5.23. The maximum absolute atomic E-state index is 5.78. The van der Waals surface area contributed by atoms with Gasteiger partial charge in [0.25, 0.3) is 0 Å². The molecule has 2 rings (SSSR count). The van der Waals surface area contributed by atoms with E-state index in [1.807, 2.05) is 6.07 Å². The third-order valence-electron chi connectivity index (χ3n) is 2.75. The fourth-order valence-electron chi connectivity index (χ4n) is 1.91. The summed E-state index contributed by atoms with van der Waals surface area (Å²) in [6.07, 6.45) is 0.879. The van der Waals surface area contributed by atoms with Crippen molar-refractivity contribution < 1.29 is 0 Å². The van der Waals surface area contributed by atoms with E-state index in [2.05, 4.69) is 48.0 Å². The number of thiazole rings is 1. The fraction of sp³-hybridized carbons (Fsp3) is 0.357. The lowest BCUT2D eigenvalue weighted by molar-refractivity contribution is 0.806. The number of rotatable bonds is 4. The number of nitrogens with two attached hydrogens (primary N) is 1. The molecule has 0 saturated heterocycles. The van der Waals surface area contributed by atoms with E-state index in [9.17, 15) is 0 Å². The van der Waals surface area contributed by atoms with Crippen molar-refractivity contribution in [3.8, 4) is 0 Å².